The van der Waals surface area contributed by atoms with Gasteiger partial charge in [0.15, 0.2) is 0 Å². The smallest absolute Gasteiger partial charge is 0.257 e. The van der Waals surface area contributed by atoms with E-state index in [4.69, 9.17) is 14.5 Å². The van der Waals surface area contributed by atoms with Gasteiger partial charge in [0, 0.05) is 55.1 Å². The van der Waals surface area contributed by atoms with Crippen LogP contribution in [0, 0.1) is 0 Å². The molecule has 3 heterocycles. The molecule has 1 fully saturated rings. The van der Waals surface area contributed by atoms with Gasteiger partial charge in [-0.2, -0.15) is 0 Å². The number of rotatable bonds is 5. The number of hydrogen-bond acceptors (Lipinski definition) is 6. The molecule has 7 heteroatoms. The number of hydrogen-bond donors (Lipinski definition) is 0. The predicted molar refractivity (Wildman–Crippen MR) is 130 cm³/mol. The van der Waals surface area contributed by atoms with E-state index >= 15 is 0 Å². The highest BCUT2D eigenvalue weighted by atomic mass is 32.1. The lowest BCUT2D eigenvalue weighted by atomic mass is 9.96. The first-order chi connectivity index (χ1) is 16.0. The third-order valence-electron chi connectivity index (χ3n) is 6.71. The van der Waals surface area contributed by atoms with Crippen molar-refractivity contribution in [1.82, 2.24) is 14.8 Å². The van der Waals surface area contributed by atoms with Crippen molar-refractivity contribution in [2.75, 3.05) is 33.3 Å². The Balaban J connectivity index is 1.19. The molecule has 0 aliphatic carbocycles. The molecule has 0 saturated carbocycles. The molecule has 0 N–H and O–H groups in total. The second-order valence-corrected chi connectivity index (χ2v) is 9.63. The van der Waals surface area contributed by atoms with E-state index in [2.05, 4.69) is 30.2 Å². The van der Waals surface area contributed by atoms with Gasteiger partial charge in [-0.1, -0.05) is 19.1 Å². The lowest BCUT2D eigenvalue weighted by Gasteiger charge is -2.34. The van der Waals surface area contributed by atoms with Crippen LogP contribution in [0.25, 0.3) is 10.6 Å². The first-order valence-electron chi connectivity index (χ1n) is 11.4. The predicted octanol–water partition coefficient (Wildman–Crippen LogP) is 4.66. The highest BCUT2D eigenvalue weighted by Gasteiger charge is 2.33. The molecule has 0 spiro atoms. The summed E-state index contributed by atoms with van der Waals surface area (Å²) in [6.07, 6.45) is 0.103. The third-order valence-corrected chi connectivity index (χ3v) is 7.65. The summed E-state index contributed by atoms with van der Waals surface area (Å²) in [5.41, 5.74) is 4.01. The lowest BCUT2D eigenvalue weighted by Crippen LogP contribution is -2.48. The minimum absolute atomic E-state index is 0.0725. The van der Waals surface area contributed by atoms with E-state index in [1.807, 2.05) is 41.3 Å². The van der Waals surface area contributed by atoms with E-state index in [-0.39, 0.29) is 12.0 Å². The number of amides is 1. The minimum Gasteiger partial charge on any atom is -0.497 e. The number of aromatic nitrogens is 1. The summed E-state index contributed by atoms with van der Waals surface area (Å²) < 4.78 is 11.3. The molecule has 1 saturated heterocycles. The van der Waals surface area contributed by atoms with Crippen LogP contribution in [-0.2, 0) is 6.54 Å². The van der Waals surface area contributed by atoms with Crippen LogP contribution in [0.15, 0.2) is 47.8 Å². The van der Waals surface area contributed by atoms with Crippen LogP contribution in [0.1, 0.15) is 41.4 Å². The summed E-state index contributed by atoms with van der Waals surface area (Å²) in [6, 6.07) is 13.9. The third kappa shape index (κ3) is 4.35. The van der Waals surface area contributed by atoms with Gasteiger partial charge in [0.1, 0.15) is 22.6 Å². The molecular formula is C26H29N3O3S. The van der Waals surface area contributed by atoms with Crippen LogP contribution in [0.2, 0.25) is 0 Å². The zero-order chi connectivity index (χ0) is 22.9. The molecule has 1 amide bonds. The van der Waals surface area contributed by atoms with Crippen molar-refractivity contribution in [3.63, 3.8) is 0 Å². The number of benzene rings is 2. The first-order valence-corrected chi connectivity index (χ1v) is 12.3. The zero-order valence-electron chi connectivity index (χ0n) is 19.3. The Morgan fingerprint density at radius 3 is 2.61 bits per heavy atom. The SMILES string of the molecule is COc1ccc(-c2nc(CN3CCN(C(=O)c4cccc5c4OC(C)C5C)CC3)cs2)cc1. The number of nitrogens with zero attached hydrogens (tertiary/aromatic N) is 3. The molecule has 0 bridgehead atoms. The first kappa shape index (κ1) is 21.9. The second-order valence-electron chi connectivity index (χ2n) is 8.78. The number of carbonyl (C=O) groups excluding carboxylic acids is 1. The fourth-order valence-corrected chi connectivity index (χ4v) is 5.33. The molecule has 33 heavy (non-hydrogen) atoms. The number of fused-ring (bicyclic) bond motifs is 1. The second kappa shape index (κ2) is 9.15. The number of methoxy groups -OCH3 is 1. The van der Waals surface area contributed by atoms with Crippen LogP contribution in [0.3, 0.4) is 0 Å². The number of piperazine rings is 1. The zero-order valence-corrected chi connectivity index (χ0v) is 20.1. The van der Waals surface area contributed by atoms with Crippen LogP contribution < -0.4 is 9.47 Å². The molecule has 1 aromatic heterocycles. The Morgan fingerprint density at radius 1 is 1.12 bits per heavy atom. The maximum absolute atomic E-state index is 13.3. The average molecular weight is 464 g/mol. The monoisotopic (exact) mass is 463 g/mol. The number of ether oxygens (including phenoxy) is 2. The number of carbonyl (C=O) groups is 1. The van der Waals surface area contributed by atoms with Gasteiger partial charge < -0.3 is 14.4 Å². The lowest BCUT2D eigenvalue weighted by molar-refractivity contribution is 0.0622. The molecule has 2 aliphatic heterocycles. The summed E-state index contributed by atoms with van der Waals surface area (Å²) in [5, 5.41) is 3.15. The van der Waals surface area contributed by atoms with Crippen LogP contribution in [0.5, 0.6) is 11.5 Å². The molecule has 2 aliphatic rings. The largest absolute Gasteiger partial charge is 0.497 e. The molecule has 6 nitrogen and oxygen atoms in total. The Hall–Kier alpha value is -2.90. The summed E-state index contributed by atoms with van der Waals surface area (Å²) in [7, 11) is 1.67. The van der Waals surface area contributed by atoms with Crippen molar-refractivity contribution in [1.29, 1.82) is 0 Å². The van der Waals surface area contributed by atoms with E-state index in [1.165, 1.54) is 0 Å². The van der Waals surface area contributed by atoms with Gasteiger partial charge in [0.2, 0.25) is 0 Å². The van der Waals surface area contributed by atoms with Gasteiger partial charge in [0.25, 0.3) is 5.91 Å². The van der Waals surface area contributed by atoms with Crippen molar-refractivity contribution in [3.8, 4) is 22.1 Å². The van der Waals surface area contributed by atoms with Gasteiger partial charge in [-0.05, 0) is 37.3 Å². The highest BCUT2D eigenvalue weighted by Crippen LogP contribution is 2.40. The maximum Gasteiger partial charge on any atom is 0.257 e. The summed E-state index contributed by atoms with van der Waals surface area (Å²) in [5.74, 6) is 2.01. The Kier molecular flexibility index (Phi) is 6.08. The van der Waals surface area contributed by atoms with Crippen molar-refractivity contribution in [2.45, 2.75) is 32.4 Å². The Morgan fingerprint density at radius 2 is 1.88 bits per heavy atom. The average Bonchev–Trinajstić information content (AvgIpc) is 3.43. The molecule has 5 rings (SSSR count). The van der Waals surface area contributed by atoms with Crippen LogP contribution in [0.4, 0.5) is 0 Å². The molecule has 0 radical (unpaired) electrons. The van der Waals surface area contributed by atoms with Gasteiger partial charge in [-0.3, -0.25) is 9.69 Å². The summed E-state index contributed by atoms with van der Waals surface area (Å²) >= 11 is 1.66. The van der Waals surface area contributed by atoms with E-state index in [1.54, 1.807) is 18.4 Å². The quantitative estimate of drug-likeness (QED) is 0.551. The molecule has 2 unspecified atom stereocenters. The topological polar surface area (TPSA) is 54.9 Å². The molecule has 172 valence electrons. The maximum atomic E-state index is 13.3. The normalized spacial score (nSPS) is 20.4. The fraction of sp³-hybridized carbons (Fsp3) is 0.385. The van der Waals surface area contributed by atoms with Gasteiger partial charge in [0.05, 0.1) is 18.4 Å². The molecular weight excluding hydrogens is 434 g/mol. The Labute approximate surface area is 198 Å². The van der Waals surface area contributed by atoms with Crippen molar-refractivity contribution in [2.24, 2.45) is 0 Å². The van der Waals surface area contributed by atoms with E-state index in [0.29, 0.717) is 24.6 Å². The fourth-order valence-electron chi connectivity index (χ4n) is 4.51. The number of thiazole rings is 1. The summed E-state index contributed by atoms with van der Waals surface area (Å²) in [4.78, 5) is 22.4. The van der Waals surface area contributed by atoms with E-state index < -0.39 is 0 Å². The standard InChI is InChI=1S/C26H29N3O3S/c1-17-18(2)32-24-22(17)5-4-6-23(24)26(30)29-13-11-28(12-14-29)15-20-16-33-25(27-20)19-7-9-21(31-3)10-8-19/h4-10,16-18H,11-15H2,1-3H3. The van der Waals surface area contributed by atoms with Gasteiger partial charge in [-0.15, -0.1) is 11.3 Å². The molecule has 2 aromatic carbocycles. The Bertz CT molecular complexity index is 1140. The van der Waals surface area contributed by atoms with Crippen LogP contribution in [-0.4, -0.2) is 60.1 Å². The number of para-hydroxylation sites is 1. The van der Waals surface area contributed by atoms with Crippen molar-refractivity contribution >= 4 is 17.2 Å². The van der Waals surface area contributed by atoms with Gasteiger partial charge >= 0.3 is 0 Å². The molecule has 3 aromatic rings. The molecule has 2 atom stereocenters. The van der Waals surface area contributed by atoms with Crippen molar-refractivity contribution < 1.29 is 14.3 Å². The van der Waals surface area contributed by atoms with E-state index in [0.717, 1.165) is 53.0 Å². The minimum atomic E-state index is 0.0725. The summed E-state index contributed by atoms with van der Waals surface area (Å²) in [6.45, 7) is 8.12. The highest BCUT2D eigenvalue weighted by molar-refractivity contribution is 7.13. The van der Waals surface area contributed by atoms with Gasteiger partial charge in [-0.25, -0.2) is 4.98 Å². The van der Waals surface area contributed by atoms with Crippen molar-refractivity contribution in [3.05, 3.63) is 64.7 Å². The van der Waals surface area contributed by atoms with E-state index in [9.17, 15) is 4.79 Å². The van der Waals surface area contributed by atoms with Crippen LogP contribution >= 0.6 is 11.3 Å².